The van der Waals surface area contributed by atoms with Crippen LogP contribution in [0.2, 0.25) is 0 Å². The molecular weight excluding hydrogens is 252 g/mol. The fourth-order valence-electron chi connectivity index (χ4n) is 1.94. The van der Waals surface area contributed by atoms with Crippen LogP contribution in [0.15, 0.2) is 48.5 Å². The van der Waals surface area contributed by atoms with Crippen molar-refractivity contribution in [2.75, 3.05) is 11.9 Å². The zero-order valence-electron chi connectivity index (χ0n) is 11.2. The Morgan fingerprint density at radius 2 is 1.90 bits per heavy atom. The van der Waals surface area contributed by atoms with E-state index in [9.17, 15) is 5.11 Å². The molecule has 4 nitrogen and oxygen atoms in total. The van der Waals surface area contributed by atoms with E-state index in [1.165, 1.54) is 0 Å². The van der Waals surface area contributed by atoms with E-state index in [1.807, 2.05) is 37.3 Å². The summed E-state index contributed by atoms with van der Waals surface area (Å²) < 4.78 is 5.19. The molecule has 2 rings (SSSR count). The molecule has 4 heteroatoms. The van der Waals surface area contributed by atoms with Crippen LogP contribution in [0.1, 0.15) is 18.5 Å². The molecule has 0 radical (unpaired) electrons. The molecule has 20 heavy (non-hydrogen) atoms. The largest absolute Gasteiger partial charge is 0.508 e. The van der Waals surface area contributed by atoms with E-state index in [4.69, 9.17) is 10.00 Å². The van der Waals surface area contributed by atoms with Gasteiger partial charge in [0.05, 0.1) is 6.04 Å². The van der Waals surface area contributed by atoms with Gasteiger partial charge in [-0.05, 0) is 37.3 Å². The van der Waals surface area contributed by atoms with Gasteiger partial charge >= 0.3 is 0 Å². The van der Waals surface area contributed by atoms with Crippen LogP contribution in [0, 0.1) is 11.3 Å². The lowest BCUT2D eigenvalue weighted by Crippen LogP contribution is -2.06. The predicted octanol–water partition coefficient (Wildman–Crippen LogP) is 3.47. The lowest BCUT2D eigenvalue weighted by atomic mass is 10.1. The molecule has 0 bridgehead atoms. The Kier molecular flexibility index (Phi) is 4.46. The molecule has 1 atom stereocenters. The molecule has 102 valence electrons. The third-order valence-electron chi connectivity index (χ3n) is 2.94. The van der Waals surface area contributed by atoms with Crippen LogP contribution in [0.25, 0.3) is 0 Å². The monoisotopic (exact) mass is 268 g/mol. The van der Waals surface area contributed by atoms with Crippen molar-refractivity contribution in [3.05, 3.63) is 54.1 Å². The Balaban J connectivity index is 2.03. The summed E-state index contributed by atoms with van der Waals surface area (Å²) in [4.78, 5) is 0. The molecule has 0 aliphatic heterocycles. The van der Waals surface area contributed by atoms with Gasteiger partial charge in [-0.15, -0.1) is 0 Å². The number of nitrogens with zero attached hydrogens (tertiary/aromatic N) is 1. The molecule has 0 saturated carbocycles. The fraction of sp³-hybridized carbons (Fsp3) is 0.188. The number of anilines is 1. The number of hydrogen-bond acceptors (Lipinski definition) is 4. The maximum absolute atomic E-state index is 9.81. The molecule has 2 aromatic rings. The molecule has 0 aromatic heterocycles. The number of ether oxygens (including phenoxy) is 1. The highest BCUT2D eigenvalue weighted by molar-refractivity contribution is 5.49. The van der Waals surface area contributed by atoms with Crippen LogP contribution < -0.4 is 10.1 Å². The summed E-state index contributed by atoms with van der Waals surface area (Å²) in [5.41, 5.74) is 1.77. The molecule has 0 heterocycles. The van der Waals surface area contributed by atoms with Crippen LogP contribution in [-0.2, 0) is 0 Å². The molecule has 0 amide bonds. The number of benzene rings is 2. The van der Waals surface area contributed by atoms with Gasteiger partial charge in [0.1, 0.15) is 17.6 Å². The van der Waals surface area contributed by atoms with Crippen molar-refractivity contribution in [1.82, 2.24) is 0 Å². The molecule has 0 aliphatic rings. The third-order valence-corrected chi connectivity index (χ3v) is 2.94. The van der Waals surface area contributed by atoms with E-state index in [2.05, 4.69) is 5.32 Å². The van der Waals surface area contributed by atoms with Gasteiger partial charge in [0.25, 0.3) is 0 Å². The van der Waals surface area contributed by atoms with Gasteiger partial charge in [0.2, 0.25) is 0 Å². The maximum Gasteiger partial charge on any atom is 0.174 e. The minimum atomic E-state index is -0.0120. The van der Waals surface area contributed by atoms with E-state index in [-0.39, 0.29) is 18.4 Å². The van der Waals surface area contributed by atoms with Crippen LogP contribution in [-0.4, -0.2) is 11.7 Å². The van der Waals surface area contributed by atoms with Crippen molar-refractivity contribution in [3.63, 3.8) is 0 Å². The highest BCUT2D eigenvalue weighted by atomic mass is 16.5. The van der Waals surface area contributed by atoms with E-state index >= 15 is 0 Å². The second kappa shape index (κ2) is 6.48. The van der Waals surface area contributed by atoms with Gasteiger partial charge < -0.3 is 15.2 Å². The van der Waals surface area contributed by atoms with Gasteiger partial charge in [0, 0.05) is 11.3 Å². The smallest absolute Gasteiger partial charge is 0.174 e. The van der Waals surface area contributed by atoms with Crippen molar-refractivity contribution < 1.29 is 9.84 Å². The highest BCUT2D eigenvalue weighted by Gasteiger charge is 2.09. The van der Waals surface area contributed by atoms with Crippen LogP contribution in [0.4, 0.5) is 5.69 Å². The highest BCUT2D eigenvalue weighted by Crippen LogP contribution is 2.27. The Morgan fingerprint density at radius 1 is 1.20 bits per heavy atom. The van der Waals surface area contributed by atoms with Crippen molar-refractivity contribution >= 4 is 5.69 Å². The summed E-state index contributed by atoms with van der Waals surface area (Å²) in [5, 5.41) is 21.6. The molecule has 0 fully saturated rings. The molecule has 0 saturated heterocycles. The number of phenolic OH excluding ortho intramolecular Hbond substituents is 1. The lowest BCUT2D eigenvalue weighted by Gasteiger charge is -2.17. The number of para-hydroxylation sites is 1. The number of rotatable bonds is 5. The number of hydrogen-bond donors (Lipinski definition) is 2. The van der Waals surface area contributed by atoms with Crippen molar-refractivity contribution in [2.24, 2.45) is 0 Å². The molecule has 0 spiro atoms. The summed E-state index contributed by atoms with van der Waals surface area (Å²) in [6.07, 6.45) is 0. The van der Waals surface area contributed by atoms with E-state index in [0.29, 0.717) is 5.75 Å². The maximum atomic E-state index is 9.81. The Labute approximate surface area is 118 Å². The molecule has 2 N–H and O–H groups in total. The van der Waals surface area contributed by atoms with Crippen LogP contribution >= 0.6 is 0 Å². The average molecular weight is 268 g/mol. The zero-order chi connectivity index (χ0) is 14.4. The fourth-order valence-corrected chi connectivity index (χ4v) is 1.94. The van der Waals surface area contributed by atoms with Gasteiger partial charge in [-0.3, -0.25) is 0 Å². The van der Waals surface area contributed by atoms with Gasteiger partial charge in [0.15, 0.2) is 6.61 Å². The van der Waals surface area contributed by atoms with Crippen molar-refractivity contribution in [1.29, 1.82) is 5.26 Å². The quantitative estimate of drug-likeness (QED) is 0.871. The molecular formula is C16H16N2O2. The van der Waals surface area contributed by atoms with E-state index < -0.39 is 0 Å². The predicted molar refractivity (Wildman–Crippen MR) is 77.7 cm³/mol. The number of nitrogens with one attached hydrogen (secondary N) is 1. The summed E-state index contributed by atoms with van der Waals surface area (Å²) in [6.45, 7) is 2.02. The topological polar surface area (TPSA) is 65.3 Å². The summed E-state index contributed by atoms with van der Waals surface area (Å²) in [6, 6.07) is 16.5. The number of phenols is 1. The molecule has 2 aromatic carbocycles. The van der Waals surface area contributed by atoms with Crippen LogP contribution in [0.5, 0.6) is 11.5 Å². The Hall–Kier alpha value is -2.67. The first-order valence-corrected chi connectivity index (χ1v) is 6.35. The summed E-state index contributed by atoms with van der Waals surface area (Å²) >= 11 is 0. The summed E-state index contributed by atoms with van der Waals surface area (Å²) in [5.74, 6) is 0.939. The molecule has 0 aliphatic carbocycles. The molecule has 1 unspecified atom stereocenters. The second-order valence-electron chi connectivity index (χ2n) is 4.40. The SMILES string of the molecule is CC(Nc1ccc(OCC#N)cc1)c1ccccc1O. The van der Waals surface area contributed by atoms with Crippen LogP contribution in [0.3, 0.4) is 0 Å². The first-order valence-electron chi connectivity index (χ1n) is 6.35. The zero-order valence-corrected chi connectivity index (χ0v) is 11.2. The Bertz CT molecular complexity index is 603. The minimum absolute atomic E-state index is 0.0120. The standard InChI is InChI=1S/C16H16N2O2/c1-12(15-4-2-3-5-16(15)19)18-13-6-8-14(9-7-13)20-11-10-17/h2-9,12,18-19H,11H2,1H3. The average Bonchev–Trinajstić information content (AvgIpc) is 2.47. The first-order chi connectivity index (χ1) is 9.70. The van der Waals surface area contributed by atoms with Crippen molar-refractivity contribution in [2.45, 2.75) is 13.0 Å². The second-order valence-corrected chi connectivity index (χ2v) is 4.40. The number of nitriles is 1. The number of aromatic hydroxyl groups is 1. The first kappa shape index (κ1) is 13.8. The minimum Gasteiger partial charge on any atom is -0.508 e. The van der Waals surface area contributed by atoms with E-state index in [1.54, 1.807) is 24.3 Å². The van der Waals surface area contributed by atoms with Gasteiger partial charge in [-0.2, -0.15) is 5.26 Å². The van der Waals surface area contributed by atoms with Gasteiger partial charge in [-0.1, -0.05) is 18.2 Å². The van der Waals surface area contributed by atoms with Gasteiger partial charge in [-0.25, -0.2) is 0 Å². The van der Waals surface area contributed by atoms with Crippen molar-refractivity contribution in [3.8, 4) is 17.6 Å². The Morgan fingerprint density at radius 3 is 2.55 bits per heavy atom. The van der Waals surface area contributed by atoms with E-state index in [0.717, 1.165) is 11.3 Å². The third kappa shape index (κ3) is 3.42. The lowest BCUT2D eigenvalue weighted by molar-refractivity contribution is 0.368. The normalized spacial score (nSPS) is 11.4. The summed E-state index contributed by atoms with van der Waals surface area (Å²) in [7, 11) is 0.